The number of halogens is 1. The molecule has 0 aromatic heterocycles. The van der Waals surface area contributed by atoms with Gasteiger partial charge in [0.15, 0.2) is 0 Å². The molecule has 0 atom stereocenters. The lowest BCUT2D eigenvalue weighted by Gasteiger charge is -2.06. The van der Waals surface area contributed by atoms with Crippen LogP contribution in [0.2, 0.25) is 5.02 Å². The summed E-state index contributed by atoms with van der Waals surface area (Å²) in [4.78, 5) is 21.6. The van der Waals surface area contributed by atoms with Gasteiger partial charge in [-0.05, 0) is 12.5 Å². The number of benzene rings is 1. The number of primary sulfonamides is 1. The van der Waals surface area contributed by atoms with Gasteiger partial charge in [0.05, 0.1) is 21.3 Å². The van der Waals surface area contributed by atoms with E-state index in [4.69, 9.17) is 16.7 Å². The van der Waals surface area contributed by atoms with E-state index >= 15 is 0 Å². The molecule has 1 rings (SSSR count). The maximum Gasteiger partial charge on any atom is 0.270 e. The third kappa shape index (κ3) is 5.11. The topological polar surface area (TPSA) is 132 Å². The fourth-order valence-corrected chi connectivity index (χ4v) is 2.18. The van der Waals surface area contributed by atoms with Crippen molar-refractivity contribution in [2.45, 2.75) is 6.42 Å². The first-order valence-electron chi connectivity index (χ1n) is 5.43. The highest BCUT2D eigenvalue weighted by Gasteiger charge is 2.14. The second-order valence-corrected chi connectivity index (χ2v) is 6.04. The Kier molecular flexibility index (Phi) is 5.43. The number of carbonyl (C=O) groups excluding carboxylic acids is 1. The molecule has 0 saturated heterocycles. The molecule has 1 aromatic rings. The van der Waals surface area contributed by atoms with Crippen molar-refractivity contribution in [3.05, 3.63) is 38.9 Å². The predicted octanol–water partition coefficient (Wildman–Crippen LogP) is 0.657. The summed E-state index contributed by atoms with van der Waals surface area (Å²) < 4.78 is 21.4. The van der Waals surface area contributed by atoms with Crippen LogP contribution in [0.25, 0.3) is 0 Å². The summed E-state index contributed by atoms with van der Waals surface area (Å²) >= 11 is 5.77. The zero-order valence-corrected chi connectivity index (χ0v) is 11.8. The molecule has 1 amide bonds. The molecule has 0 radical (unpaired) electrons. The van der Waals surface area contributed by atoms with Crippen molar-refractivity contribution >= 4 is 33.2 Å². The zero-order chi connectivity index (χ0) is 15.3. The standard InChI is InChI=1S/C10H12ClN3O5S/c11-9-6-7(14(16)17)2-3-8(9)10(15)13-4-1-5-20(12,18)19/h2-3,6H,1,4-5H2,(H,13,15)(H2,12,18,19). The molecule has 0 aliphatic heterocycles. The van der Waals surface area contributed by atoms with Gasteiger partial charge in [0, 0.05) is 18.7 Å². The van der Waals surface area contributed by atoms with Crippen molar-refractivity contribution in [3.63, 3.8) is 0 Å². The minimum atomic E-state index is -3.56. The molecule has 0 aliphatic carbocycles. The molecule has 0 saturated carbocycles. The molecule has 0 spiro atoms. The van der Waals surface area contributed by atoms with Gasteiger partial charge in [-0.3, -0.25) is 14.9 Å². The Hall–Kier alpha value is -1.71. The van der Waals surface area contributed by atoms with Crippen LogP contribution < -0.4 is 10.5 Å². The van der Waals surface area contributed by atoms with Crippen LogP contribution in [0.5, 0.6) is 0 Å². The number of hydrogen-bond acceptors (Lipinski definition) is 5. The second-order valence-electron chi connectivity index (χ2n) is 3.90. The highest BCUT2D eigenvalue weighted by atomic mass is 35.5. The van der Waals surface area contributed by atoms with Crippen molar-refractivity contribution in [2.24, 2.45) is 5.14 Å². The summed E-state index contributed by atoms with van der Waals surface area (Å²) in [5.74, 6) is -0.791. The lowest BCUT2D eigenvalue weighted by Crippen LogP contribution is -2.27. The first-order valence-corrected chi connectivity index (χ1v) is 7.52. The molecule has 8 nitrogen and oxygen atoms in total. The molecule has 20 heavy (non-hydrogen) atoms. The lowest BCUT2D eigenvalue weighted by molar-refractivity contribution is -0.384. The third-order valence-electron chi connectivity index (χ3n) is 2.30. The zero-order valence-electron chi connectivity index (χ0n) is 10.2. The number of amides is 1. The molecule has 1 aromatic carbocycles. The van der Waals surface area contributed by atoms with Crippen molar-refractivity contribution in [3.8, 4) is 0 Å². The molecular weight excluding hydrogens is 310 g/mol. The van der Waals surface area contributed by atoms with Crippen LogP contribution in [0.1, 0.15) is 16.8 Å². The van der Waals surface area contributed by atoms with Crippen LogP contribution in [0.15, 0.2) is 18.2 Å². The van der Waals surface area contributed by atoms with E-state index in [0.717, 1.165) is 12.1 Å². The Morgan fingerprint density at radius 1 is 1.45 bits per heavy atom. The average molecular weight is 322 g/mol. The summed E-state index contributed by atoms with van der Waals surface area (Å²) in [5, 5.41) is 17.7. The van der Waals surface area contributed by atoms with Crippen LogP contribution >= 0.6 is 11.6 Å². The number of carbonyl (C=O) groups is 1. The first-order chi connectivity index (χ1) is 9.20. The molecule has 110 valence electrons. The van der Waals surface area contributed by atoms with E-state index in [1.165, 1.54) is 6.07 Å². The van der Waals surface area contributed by atoms with Crippen LogP contribution in [0, 0.1) is 10.1 Å². The van der Waals surface area contributed by atoms with Crippen LogP contribution in [-0.4, -0.2) is 31.5 Å². The molecule has 10 heteroatoms. The van der Waals surface area contributed by atoms with Gasteiger partial charge in [-0.15, -0.1) is 0 Å². The van der Waals surface area contributed by atoms with Gasteiger partial charge in [0.2, 0.25) is 10.0 Å². The maximum atomic E-state index is 11.7. The Morgan fingerprint density at radius 2 is 2.10 bits per heavy atom. The smallest absolute Gasteiger partial charge is 0.270 e. The number of nitro benzene ring substituents is 1. The van der Waals surface area contributed by atoms with E-state index in [9.17, 15) is 23.3 Å². The minimum Gasteiger partial charge on any atom is -0.352 e. The Morgan fingerprint density at radius 3 is 2.60 bits per heavy atom. The molecule has 0 unspecified atom stereocenters. The van der Waals surface area contributed by atoms with Gasteiger partial charge in [-0.25, -0.2) is 13.6 Å². The van der Waals surface area contributed by atoms with E-state index in [-0.39, 0.29) is 35.0 Å². The van der Waals surface area contributed by atoms with Crippen molar-refractivity contribution in [1.29, 1.82) is 0 Å². The number of nitrogens with one attached hydrogen (secondary N) is 1. The Labute approximate surface area is 120 Å². The number of non-ortho nitro benzene ring substituents is 1. The van der Waals surface area contributed by atoms with Gasteiger partial charge in [0.1, 0.15) is 0 Å². The van der Waals surface area contributed by atoms with E-state index in [0.29, 0.717) is 0 Å². The summed E-state index contributed by atoms with van der Waals surface area (Å²) in [5.41, 5.74) is -0.145. The van der Waals surface area contributed by atoms with Crippen molar-refractivity contribution in [2.75, 3.05) is 12.3 Å². The molecule has 0 heterocycles. The van der Waals surface area contributed by atoms with Gasteiger partial charge in [0.25, 0.3) is 11.6 Å². The fraction of sp³-hybridized carbons (Fsp3) is 0.300. The molecule has 0 fully saturated rings. The number of hydrogen-bond donors (Lipinski definition) is 2. The van der Waals surface area contributed by atoms with E-state index in [1.54, 1.807) is 0 Å². The normalized spacial score (nSPS) is 11.1. The number of nitrogens with zero attached hydrogens (tertiary/aromatic N) is 1. The summed E-state index contributed by atoms with van der Waals surface area (Å²) in [7, 11) is -3.56. The van der Waals surface area contributed by atoms with Crippen molar-refractivity contribution in [1.82, 2.24) is 5.32 Å². The summed E-state index contributed by atoms with van der Waals surface area (Å²) in [6, 6.07) is 3.46. The summed E-state index contributed by atoms with van der Waals surface area (Å²) in [6.07, 6.45) is 0.162. The SMILES string of the molecule is NS(=O)(=O)CCCNC(=O)c1ccc([N+](=O)[O-])cc1Cl. The lowest BCUT2D eigenvalue weighted by atomic mass is 10.2. The van der Waals surface area contributed by atoms with Gasteiger partial charge < -0.3 is 5.32 Å². The maximum absolute atomic E-state index is 11.7. The number of rotatable bonds is 6. The monoisotopic (exact) mass is 321 g/mol. The summed E-state index contributed by atoms with van der Waals surface area (Å²) in [6.45, 7) is 0.0998. The Balaban J connectivity index is 2.62. The minimum absolute atomic E-state index is 0.0526. The van der Waals surface area contributed by atoms with Crippen LogP contribution in [-0.2, 0) is 10.0 Å². The van der Waals surface area contributed by atoms with Crippen molar-refractivity contribution < 1.29 is 18.1 Å². The molecule has 3 N–H and O–H groups in total. The predicted molar refractivity (Wildman–Crippen MR) is 73.0 cm³/mol. The molecular formula is C10H12ClN3O5S. The number of nitrogens with two attached hydrogens (primary N) is 1. The Bertz CT molecular complexity index is 632. The van der Waals surface area contributed by atoms with E-state index in [1.807, 2.05) is 0 Å². The number of nitro groups is 1. The van der Waals surface area contributed by atoms with E-state index in [2.05, 4.69) is 5.32 Å². The molecule has 0 aliphatic rings. The first kappa shape index (κ1) is 16.3. The second kappa shape index (κ2) is 6.64. The quantitative estimate of drug-likeness (QED) is 0.451. The average Bonchev–Trinajstić information content (AvgIpc) is 2.33. The van der Waals surface area contributed by atoms with Gasteiger partial charge >= 0.3 is 0 Å². The number of sulfonamides is 1. The highest BCUT2D eigenvalue weighted by molar-refractivity contribution is 7.89. The fourth-order valence-electron chi connectivity index (χ4n) is 1.37. The van der Waals surface area contributed by atoms with Crippen LogP contribution in [0.4, 0.5) is 5.69 Å². The molecule has 0 bridgehead atoms. The van der Waals surface area contributed by atoms with E-state index < -0.39 is 20.9 Å². The largest absolute Gasteiger partial charge is 0.352 e. The van der Waals surface area contributed by atoms with Gasteiger partial charge in [-0.1, -0.05) is 11.6 Å². The van der Waals surface area contributed by atoms with Crippen LogP contribution in [0.3, 0.4) is 0 Å². The third-order valence-corrected chi connectivity index (χ3v) is 3.47. The van der Waals surface area contributed by atoms with Gasteiger partial charge in [-0.2, -0.15) is 0 Å². The highest BCUT2D eigenvalue weighted by Crippen LogP contribution is 2.22.